The lowest BCUT2D eigenvalue weighted by Crippen LogP contribution is -2.07. The smallest absolute Gasteiger partial charge is 0.260 e. The van der Waals surface area contributed by atoms with Crippen LogP contribution in [-0.2, 0) is 6.18 Å². The van der Waals surface area contributed by atoms with E-state index in [1.54, 1.807) is 24.6 Å². The van der Waals surface area contributed by atoms with Crippen molar-refractivity contribution in [2.24, 2.45) is 4.99 Å². The first-order valence-electron chi connectivity index (χ1n) is 5.30. The van der Waals surface area contributed by atoms with Gasteiger partial charge in [-0.2, -0.15) is 13.2 Å². The lowest BCUT2D eigenvalue weighted by molar-refractivity contribution is -0.138. The number of thioether (sulfide) groups is 1. The third-order valence-corrected chi connectivity index (χ3v) is 2.80. The molecule has 0 heterocycles. The minimum absolute atomic E-state index is 0.218. The number of alkyl halides is 3. The second kappa shape index (κ2) is 6.09. The fraction of sp³-hybridized carbons (Fsp3) is 0.308. The van der Waals surface area contributed by atoms with E-state index in [0.29, 0.717) is 11.3 Å². The number of rotatable bonds is 3. The van der Waals surface area contributed by atoms with Gasteiger partial charge in [0.15, 0.2) is 0 Å². The minimum Gasteiger partial charge on any atom is -0.260 e. The lowest BCUT2D eigenvalue weighted by atomic mass is 10.0. The van der Waals surface area contributed by atoms with Crippen molar-refractivity contribution in [1.82, 2.24) is 0 Å². The maximum atomic E-state index is 12.8. The van der Waals surface area contributed by atoms with Crippen molar-refractivity contribution in [3.63, 3.8) is 0 Å². The maximum absolute atomic E-state index is 12.8. The largest absolute Gasteiger partial charge is 0.416 e. The number of hydrogen-bond donors (Lipinski definition) is 0. The van der Waals surface area contributed by atoms with Crippen LogP contribution in [0.5, 0.6) is 0 Å². The molecule has 1 aromatic carbocycles. The van der Waals surface area contributed by atoms with Crippen LogP contribution in [0, 0.1) is 6.92 Å². The van der Waals surface area contributed by atoms with Crippen LogP contribution in [0.3, 0.4) is 0 Å². The third-order valence-electron chi connectivity index (χ3n) is 2.34. The fourth-order valence-corrected chi connectivity index (χ4v) is 1.93. The number of aryl methyl sites for hydroxylation is 1. The van der Waals surface area contributed by atoms with Gasteiger partial charge in [0.25, 0.3) is 0 Å². The Morgan fingerprint density at radius 2 is 2.00 bits per heavy atom. The second-order valence-electron chi connectivity index (χ2n) is 3.65. The van der Waals surface area contributed by atoms with Crippen LogP contribution in [0.4, 0.5) is 13.2 Å². The van der Waals surface area contributed by atoms with Crippen LogP contribution in [0.1, 0.15) is 23.6 Å². The summed E-state index contributed by atoms with van der Waals surface area (Å²) in [4.78, 5) is 4.08. The van der Waals surface area contributed by atoms with Gasteiger partial charge in [-0.15, -0.1) is 11.8 Å². The molecule has 0 aliphatic heterocycles. The van der Waals surface area contributed by atoms with Crippen molar-refractivity contribution < 1.29 is 13.2 Å². The molecule has 98 valence electrons. The number of aliphatic imine (C=N–C) groups is 1. The SMILES string of the molecule is CC=N/C(=C\SC)c1ccc(C)c(C(F)(F)F)c1. The van der Waals surface area contributed by atoms with E-state index in [1.807, 2.05) is 6.26 Å². The molecule has 0 saturated heterocycles. The Morgan fingerprint density at radius 1 is 1.33 bits per heavy atom. The van der Waals surface area contributed by atoms with Crippen molar-refractivity contribution in [2.75, 3.05) is 6.26 Å². The maximum Gasteiger partial charge on any atom is 0.416 e. The van der Waals surface area contributed by atoms with E-state index < -0.39 is 11.7 Å². The average molecular weight is 273 g/mol. The van der Waals surface area contributed by atoms with Crippen LogP contribution in [0.15, 0.2) is 28.6 Å². The van der Waals surface area contributed by atoms with Gasteiger partial charge in [0, 0.05) is 11.8 Å². The highest BCUT2D eigenvalue weighted by atomic mass is 32.2. The van der Waals surface area contributed by atoms with Gasteiger partial charge in [0.05, 0.1) is 11.3 Å². The zero-order valence-electron chi connectivity index (χ0n) is 10.4. The first-order chi connectivity index (χ1) is 8.40. The third kappa shape index (κ3) is 3.63. The summed E-state index contributed by atoms with van der Waals surface area (Å²) in [5.74, 6) is 0. The molecule has 0 aromatic heterocycles. The van der Waals surface area contributed by atoms with Gasteiger partial charge in [-0.25, -0.2) is 0 Å². The Kier molecular flexibility index (Phi) is 5.02. The Hall–Kier alpha value is -1.23. The quantitative estimate of drug-likeness (QED) is 0.723. The summed E-state index contributed by atoms with van der Waals surface area (Å²) in [5.41, 5.74) is 0.615. The molecule has 0 N–H and O–H groups in total. The molecule has 0 fully saturated rings. The summed E-state index contributed by atoms with van der Waals surface area (Å²) < 4.78 is 38.4. The summed E-state index contributed by atoms with van der Waals surface area (Å²) in [6.45, 7) is 3.18. The van der Waals surface area contributed by atoms with E-state index in [9.17, 15) is 13.2 Å². The molecule has 1 rings (SSSR count). The van der Waals surface area contributed by atoms with Crippen molar-refractivity contribution in [1.29, 1.82) is 0 Å². The first-order valence-corrected chi connectivity index (χ1v) is 6.58. The van der Waals surface area contributed by atoms with E-state index in [2.05, 4.69) is 4.99 Å². The molecular weight excluding hydrogens is 259 g/mol. The summed E-state index contributed by atoms with van der Waals surface area (Å²) in [6.07, 6.45) is -0.931. The predicted molar refractivity (Wildman–Crippen MR) is 71.8 cm³/mol. The lowest BCUT2D eigenvalue weighted by Gasteiger charge is -2.12. The molecule has 0 aliphatic rings. The van der Waals surface area contributed by atoms with Crippen LogP contribution >= 0.6 is 11.8 Å². The molecule has 0 atom stereocenters. The van der Waals surface area contributed by atoms with Crippen LogP contribution < -0.4 is 0 Å². The van der Waals surface area contributed by atoms with E-state index in [1.165, 1.54) is 24.8 Å². The van der Waals surface area contributed by atoms with Gasteiger partial charge in [0.1, 0.15) is 0 Å². The summed E-state index contributed by atoms with van der Waals surface area (Å²) in [5, 5.41) is 1.73. The Bertz CT molecular complexity index is 476. The molecule has 0 radical (unpaired) electrons. The molecule has 0 amide bonds. The van der Waals surface area contributed by atoms with Gasteiger partial charge < -0.3 is 0 Å². The minimum atomic E-state index is -4.33. The van der Waals surface area contributed by atoms with Gasteiger partial charge >= 0.3 is 6.18 Å². The van der Waals surface area contributed by atoms with Crippen LogP contribution in [0.25, 0.3) is 5.70 Å². The Labute approximate surface area is 109 Å². The highest BCUT2D eigenvalue weighted by Gasteiger charge is 2.32. The molecule has 0 bridgehead atoms. The summed E-state index contributed by atoms with van der Waals surface area (Å²) in [6, 6.07) is 4.27. The zero-order valence-corrected chi connectivity index (χ0v) is 11.2. The van der Waals surface area contributed by atoms with Crippen molar-refractivity contribution >= 4 is 23.7 Å². The molecular formula is C13H14F3NS. The Balaban J connectivity index is 3.31. The molecule has 18 heavy (non-hydrogen) atoms. The molecule has 0 aliphatic carbocycles. The van der Waals surface area contributed by atoms with Gasteiger partial charge in [-0.05, 0) is 37.1 Å². The topological polar surface area (TPSA) is 12.4 Å². The molecule has 5 heteroatoms. The predicted octanol–water partition coefficient (Wildman–Crippen LogP) is 4.77. The van der Waals surface area contributed by atoms with E-state index in [-0.39, 0.29) is 5.56 Å². The van der Waals surface area contributed by atoms with E-state index >= 15 is 0 Å². The molecule has 1 aromatic rings. The highest BCUT2D eigenvalue weighted by molar-refractivity contribution is 8.01. The molecule has 1 nitrogen and oxygen atoms in total. The highest BCUT2D eigenvalue weighted by Crippen LogP contribution is 2.34. The fourth-order valence-electron chi connectivity index (χ4n) is 1.51. The van der Waals surface area contributed by atoms with Crippen LogP contribution in [-0.4, -0.2) is 12.5 Å². The van der Waals surface area contributed by atoms with Crippen molar-refractivity contribution in [3.8, 4) is 0 Å². The average Bonchev–Trinajstić information content (AvgIpc) is 2.28. The van der Waals surface area contributed by atoms with E-state index in [4.69, 9.17) is 0 Å². The normalized spacial score (nSPS) is 13.3. The number of hydrogen-bond acceptors (Lipinski definition) is 2. The monoisotopic (exact) mass is 273 g/mol. The molecule has 0 unspecified atom stereocenters. The van der Waals surface area contributed by atoms with Gasteiger partial charge in [-0.3, -0.25) is 4.99 Å². The number of nitrogens with zero attached hydrogens (tertiary/aromatic N) is 1. The molecule has 0 spiro atoms. The van der Waals surface area contributed by atoms with Crippen molar-refractivity contribution in [3.05, 3.63) is 40.3 Å². The summed E-state index contributed by atoms with van der Waals surface area (Å²) in [7, 11) is 0. The second-order valence-corrected chi connectivity index (χ2v) is 4.36. The van der Waals surface area contributed by atoms with E-state index in [0.717, 1.165) is 6.07 Å². The zero-order chi connectivity index (χ0) is 13.8. The van der Waals surface area contributed by atoms with Gasteiger partial charge in [-0.1, -0.05) is 12.1 Å². The first kappa shape index (κ1) is 14.8. The number of benzene rings is 1. The van der Waals surface area contributed by atoms with Gasteiger partial charge in [0.2, 0.25) is 0 Å². The Morgan fingerprint density at radius 3 is 2.50 bits per heavy atom. The molecule has 0 saturated carbocycles. The standard InChI is InChI=1S/C13H14F3NS/c1-4-17-12(8-18-3)10-6-5-9(2)11(7-10)13(14,15)16/h4-8H,1-3H3/b12-8-,17-4?. The number of halogens is 3. The van der Waals surface area contributed by atoms with Crippen LogP contribution in [0.2, 0.25) is 0 Å². The van der Waals surface area contributed by atoms with Crippen molar-refractivity contribution in [2.45, 2.75) is 20.0 Å². The summed E-state index contributed by atoms with van der Waals surface area (Å²) >= 11 is 1.41.